The molecule has 0 fully saturated rings. The third-order valence-corrected chi connectivity index (χ3v) is 2.09. The summed E-state index contributed by atoms with van der Waals surface area (Å²) in [5.41, 5.74) is 0.929. The molecule has 68 valence electrons. The number of halogens is 1. The summed E-state index contributed by atoms with van der Waals surface area (Å²) in [7, 11) is 0. The Morgan fingerprint density at radius 2 is 2.31 bits per heavy atom. The molecule has 0 unspecified atom stereocenters. The minimum absolute atomic E-state index is 0.384. The topological polar surface area (TPSA) is 33.0 Å². The third-order valence-electron chi connectivity index (χ3n) is 1.59. The van der Waals surface area contributed by atoms with E-state index in [1.54, 1.807) is 0 Å². The highest BCUT2D eigenvalue weighted by atomic mass is 79.9. The number of benzene rings is 1. The summed E-state index contributed by atoms with van der Waals surface area (Å²) >= 11 is 3.35. The van der Waals surface area contributed by atoms with Gasteiger partial charge in [-0.3, -0.25) is 0 Å². The van der Waals surface area contributed by atoms with Crippen LogP contribution in [-0.4, -0.2) is 6.61 Å². The van der Waals surface area contributed by atoms with Gasteiger partial charge in [-0.1, -0.05) is 15.9 Å². The Hall–Kier alpha value is -1.01. The fraction of sp³-hybridized carbons (Fsp3) is 0.300. The van der Waals surface area contributed by atoms with Crippen LogP contribution in [0.4, 0.5) is 0 Å². The van der Waals surface area contributed by atoms with Crippen molar-refractivity contribution in [1.82, 2.24) is 0 Å². The van der Waals surface area contributed by atoms with Gasteiger partial charge in [0.15, 0.2) is 0 Å². The van der Waals surface area contributed by atoms with Gasteiger partial charge >= 0.3 is 0 Å². The fourth-order valence-corrected chi connectivity index (χ4v) is 1.48. The molecule has 0 heterocycles. The summed E-state index contributed by atoms with van der Waals surface area (Å²) in [5, 5.41) is 8.58. The summed E-state index contributed by atoms with van der Waals surface area (Å²) in [6.07, 6.45) is 0.384. The SMILES string of the molecule is CCOc1ccc(Br)cc1CC#N. The number of nitriles is 1. The van der Waals surface area contributed by atoms with Gasteiger partial charge in [0.25, 0.3) is 0 Å². The molecule has 0 N–H and O–H groups in total. The van der Waals surface area contributed by atoms with Crippen LogP contribution in [0.5, 0.6) is 5.75 Å². The Labute approximate surface area is 86.3 Å². The minimum atomic E-state index is 0.384. The Morgan fingerprint density at radius 3 is 2.92 bits per heavy atom. The Balaban J connectivity index is 2.97. The van der Waals surface area contributed by atoms with Crippen molar-refractivity contribution in [2.24, 2.45) is 0 Å². The first-order valence-electron chi connectivity index (χ1n) is 4.06. The number of nitrogens with zero attached hydrogens (tertiary/aromatic N) is 1. The predicted molar refractivity (Wildman–Crippen MR) is 54.6 cm³/mol. The molecule has 0 radical (unpaired) electrons. The lowest BCUT2D eigenvalue weighted by Gasteiger charge is -2.07. The van der Waals surface area contributed by atoms with Gasteiger partial charge in [0.2, 0.25) is 0 Å². The van der Waals surface area contributed by atoms with Crippen LogP contribution in [0.1, 0.15) is 12.5 Å². The smallest absolute Gasteiger partial charge is 0.123 e. The Morgan fingerprint density at radius 1 is 1.54 bits per heavy atom. The molecule has 1 aromatic rings. The number of hydrogen-bond donors (Lipinski definition) is 0. The lowest BCUT2D eigenvalue weighted by atomic mass is 10.1. The molecule has 2 nitrogen and oxygen atoms in total. The van der Waals surface area contributed by atoms with Crippen LogP contribution in [-0.2, 0) is 6.42 Å². The van der Waals surface area contributed by atoms with E-state index in [0.29, 0.717) is 13.0 Å². The van der Waals surface area contributed by atoms with Crippen LogP contribution in [0.2, 0.25) is 0 Å². The molecular formula is C10H10BrNO. The van der Waals surface area contributed by atoms with E-state index in [1.165, 1.54) is 0 Å². The van der Waals surface area contributed by atoms with Crippen LogP contribution < -0.4 is 4.74 Å². The second-order valence-corrected chi connectivity index (χ2v) is 3.44. The maximum Gasteiger partial charge on any atom is 0.123 e. The molecule has 0 aliphatic carbocycles. The molecule has 0 bridgehead atoms. The van der Waals surface area contributed by atoms with Crippen LogP contribution in [0.3, 0.4) is 0 Å². The fourth-order valence-electron chi connectivity index (χ4n) is 1.07. The molecule has 0 aliphatic rings. The van der Waals surface area contributed by atoms with Crippen molar-refractivity contribution in [2.75, 3.05) is 6.61 Å². The predicted octanol–water partition coefficient (Wildman–Crippen LogP) is 2.91. The van der Waals surface area contributed by atoms with E-state index < -0.39 is 0 Å². The van der Waals surface area contributed by atoms with Gasteiger partial charge in [0, 0.05) is 10.0 Å². The van der Waals surface area contributed by atoms with Crippen molar-refractivity contribution >= 4 is 15.9 Å². The molecule has 13 heavy (non-hydrogen) atoms. The van der Waals surface area contributed by atoms with E-state index in [0.717, 1.165) is 15.8 Å². The number of rotatable bonds is 3. The molecule has 3 heteroatoms. The highest BCUT2D eigenvalue weighted by Gasteiger charge is 2.02. The van der Waals surface area contributed by atoms with Crippen molar-refractivity contribution in [1.29, 1.82) is 5.26 Å². The quantitative estimate of drug-likeness (QED) is 0.813. The van der Waals surface area contributed by atoms with Crippen molar-refractivity contribution in [3.63, 3.8) is 0 Å². The van der Waals surface area contributed by atoms with Gasteiger partial charge in [-0.25, -0.2) is 0 Å². The summed E-state index contributed by atoms with van der Waals surface area (Å²) in [6, 6.07) is 7.80. The zero-order chi connectivity index (χ0) is 9.68. The summed E-state index contributed by atoms with van der Waals surface area (Å²) in [5.74, 6) is 0.798. The third kappa shape index (κ3) is 2.74. The van der Waals surface area contributed by atoms with Crippen molar-refractivity contribution in [2.45, 2.75) is 13.3 Å². The highest BCUT2D eigenvalue weighted by Crippen LogP contribution is 2.23. The van der Waals surface area contributed by atoms with Gasteiger partial charge < -0.3 is 4.74 Å². The number of ether oxygens (including phenoxy) is 1. The standard InChI is InChI=1S/C10H10BrNO/c1-2-13-10-4-3-9(11)7-8(10)5-6-12/h3-4,7H,2,5H2,1H3. The maximum atomic E-state index is 8.58. The monoisotopic (exact) mass is 239 g/mol. The molecule has 0 spiro atoms. The van der Waals surface area contributed by atoms with E-state index in [4.69, 9.17) is 10.00 Å². The second-order valence-electron chi connectivity index (χ2n) is 2.52. The van der Waals surface area contributed by atoms with Gasteiger partial charge in [0.1, 0.15) is 5.75 Å². The van der Waals surface area contributed by atoms with Gasteiger partial charge in [0.05, 0.1) is 19.1 Å². The maximum absolute atomic E-state index is 8.58. The van der Waals surface area contributed by atoms with Crippen LogP contribution in [0, 0.1) is 11.3 Å². The van der Waals surface area contributed by atoms with E-state index in [-0.39, 0.29) is 0 Å². The van der Waals surface area contributed by atoms with Crippen LogP contribution in [0.25, 0.3) is 0 Å². The number of hydrogen-bond acceptors (Lipinski definition) is 2. The molecule has 0 amide bonds. The molecule has 0 aliphatic heterocycles. The van der Waals surface area contributed by atoms with Gasteiger partial charge in [-0.15, -0.1) is 0 Å². The van der Waals surface area contributed by atoms with Crippen molar-refractivity contribution < 1.29 is 4.74 Å². The largest absolute Gasteiger partial charge is 0.494 e. The van der Waals surface area contributed by atoms with Crippen LogP contribution >= 0.6 is 15.9 Å². The molecular weight excluding hydrogens is 230 g/mol. The molecule has 0 saturated heterocycles. The normalized spacial score (nSPS) is 9.31. The summed E-state index contributed by atoms with van der Waals surface area (Å²) < 4.78 is 6.35. The first kappa shape index (κ1) is 10.1. The van der Waals surface area contributed by atoms with Crippen molar-refractivity contribution in [3.05, 3.63) is 28.2 Å². The van der Waals surface area contributed by atoms with E-state index >= 15 is 0 Å². The van der Waals surface area contributed by atoms with Crippen LogP contribution in [0.15, 0.2) is 22.7 Å². The molecule has 1 rings (SSSR count). The average Bonchev–Trinajstić information content (AvgIpc) is 2.10. The van der Waals surface area contributed by atoms with Gasteiger partial charge in [-0.05, 0) is 25.1 Å². The Bertz CT molecular complexity index is 330. The highest BCUT2D eigenvalue weighted by molar-refractivity contribution is 9.10. The molecule has 0 atom stereocenters. The Kier molecular flexibility index (Phi) is 3.78. The second kappa shape index (κ2) is 4.88. The average molecular weight is 240 g/mol. The first-order valence-corrected chi connectivity index (χ1v) is 4.85. The lowest BCUT2D eigenvalue weighted by molar-refractivity contribution is 0.337. The lowest BCUT2D eigenvalue weighted by Crippen LogP contribution is -1.95. The van der Waals surface area contributed by atoms with E-state index in [9.17, 15) is 0 Å². The molecule has 0 saturated carbocycles. The van der Waals surface area contributed by atoms with Crippen molar-refractivity contribution in [3.8, 4) is 11.8 Å². The minimum Gasteiger partial charge on any atom is -0.494 e. The molecule has 0 aromatic heterocycles. The molecule has 1 aromatic carbocycles. The van der Waals surface area contributed by atoms with E-state index in [2.05, 4.69) is 22.0 Å². The zero-order valence-corrected chi connectivity index (χ0v) is 8.97. The van der Waals surface area contributed by atoms with E-state index in [1.807, 2.05) is 25.1 Å². The van der Waals surface area contributed by atoms with Gasteiger partial charge in [-0.2, -0.15) is 5.26 Å². The summed E-state index contributed by atoms with van der Waals surface area (Å²) in [4.78, 5) is 0. The summed E-state index contributed by atoms with van der Waals surface area (Å²) in [6.45, 7) is 2.55. The zero-order valence-electron chi connectivity index (χ0n) is 7.38. The first-order chi connectivity index (χ1) is 6.27.